The molecule has 0 aromatic heterocycles. The van der Waals surface area contributed by atoms with Gasteiger partial charge in [-0.05, 0) is 46.6 Å². The Morgan fingerprint density at radius 1 is 1.26 bits per heavy atom. The highest BCUT2D eigenvalue weighted by molar-refractivity contribution is 5.78. The van der Waals surface area contributed by atoms with Crippen LogP contribution in [0.5, 0.6) is 0 Å². The Labute approximate surface area is 137 Å². The lowest BCUT2D eigenvalue weighted by atomic mass is 9.69. The Kier molecular flexibility index (Phi) is 5.20. The van der Waals surface area contributed by atoms with Gasteiger partial charge in [0.05, 0.1) is 37.8 Å². The third-order valence-electron chi connectivity index (χ3n) is 4.51. The predicted molar refractivity (Wildman–Crippen MR) is 83.8 cm³/mol. The molecule has 23 heavy (non-hydrogen) atoms. The van der Waals surface area contributed by atoms with E-state index in [1.807, 2.05) is 20.8 Å². The maximum Gasteiger partial charge on any atom is 0.410 e. The van der Waals surface area contributed by atoms with E-state index in [0.717, 1.165) is 0 Å². The van der Waals surface area contributed by atoms with Gasteiger partial charge in [0.25, 0.3) is 0 Å². The Bertz CT molecular complexity index is 446. The lowest BCUT2D eigenvalue weighted by Gasteiger charge is -2.51. The minimum absolute atomic E-state index is 0.192. The number of hydrogen-bond donors (Lipinski definition) is 1. The summed E-state index contributed by atoms with van der Waals surface area (Å²) in [4.78, 5) is 26.6. The number of fused-ring (bicyclic) bond motifs is 2. The van der Waals surface area contributed by atoms with Crippen LogP contribution >= 0.6 is 0 Å². The topological polar surface area (TPSA) is 91.1 Å². The standard InChI is InChI=1S/C16H28N2O5/c1-15(2,3)23-14(20)18-11-7-16(5-6-17,13(19)21-4)8-12(18)10-22-9-11/h11-12H,5-10,17H2,1-4H3/t11-,12+,16?. The number of piperidine rings is 1. The fourth-order valence-electron chi connectivity index (χ4n) is 3.68. The van der Waals surface area contributed by atoms with Gasteiger partial charge in [-0.25, -0.2) is 4.79 Å². The zero-order valence-corrected chi connectivity index (χ0v) is 14.5. The van der Waals surface area contributed by atoms with Gasteiger partial charge in [-0.15, -0.1) is 0 Å². The van der Waals surface area contributed by atoms with Gasteiger partial charge in [-0.3, -0.25) is 9.69 Å². The molecule has 7 heteroatoms. The van der Waals surface area contributed by atoms with Crippen molar-refractivity contribution in [3.8, 4) is 0 Å². The monoisotopic (exact) mass is 328 g/mol. The Morgan fingerprint density at radius 2 is 1.83 bits per heavy atom. The van der Waals surface area contributed by atoms with E-state index < -0.39 is 11.0 Å². The number of nitrogens with zero attached hydrogens (tertiary/aromatic N) is 1. The molecule has 2 N–H and O–H groups in total. The summed E-state index contributed by atoms with van der Waals surface area (Å²) in [5.41, 5.74) is 4.53. The number of methoxy groups -OCH3 is 1. The van der Waals surface area contributed by atoms with Gasteiger partial charge >= 0.3 is 12.1 Å². The highest BCUT2D eigenvalue weighted by atomic mass is 16.6. The van der Waals surface area contributed by atoms with Crippen molar-refractivity contribution in [2.75, 3.05) is 26.9 Å². The van der Waals surface area contributed by atoms with Crippen LogP contribution in [0.1, 0.15) is 40.0 Å². The molecule has 2 rings (SSSR count). The van der Waals surface area contributed by atoms with Crippen molar-refractivity contribution in [1.29, 1.82) is 0 Å². The Morgan fingerprint density at radius 3 is 2.26 bits per heavy atom. The predicted octanol–water partition coefficient (Wildman–Crippen LogP) is 1.29. The summed E-state index contributed by atoms with van der Waals surface area (Å²) in [6, 6.07) is -0.383. The molecule has 1 amide bonds. The number of ether oxygens (including phenoxy) is 3. The molecular formula is C16H28N2O5. The van der Waals surface area contributed by atoms with Gasteiger partial charge in [-0.1, -0.05) is 0 Å². The lowest BCUT2D eigenvalue weighted by molar-refractivity contribution is -0.167. The van der Waals surface area contributed by atoms with Crippen molar-refractivity contribution in [3.05, 3.63) is 0 Å². The van der Waals surface area contributed by atoms with Crippen molar-refractivity contribution in [2.24, 2.45) is 11.1 Å². The summed E-state index contributed by atoms with van der Waals surface area (Å²) < 4.78 is 16.1. The fourth-order valence-corrected chi connectivity index (χ4v) is 3.68. The highest BCUT2D eigenvalue weighted by Crippen LogP contribution is 2.44. The number of morpholine rings is 1. The van der Waals surface area contributed by atoms with Gasteiger partial charge in [0, 0.05) is 0 Å². The van der Waals surface area contributed by atoms with E-state index >= 15 is 0 Å². The van der Waals surface area contributed by atoms with Gasteiger partial charge in [0.15, 0.2) is 0 Å². The fraction of sp³-hybridized carbons (Fsp3) is 0.875. The van der Waals surface area contributed by atoms with Crippen LogP contribution in [-0.2, 0) is 19.0 Å². The molecule has 2 heterocycles. The number of hydrogen-bond acceptors (Lipinski definition) is 6. The number of carbonyl (C=O) groups excluding carboxylic acids is 2. The summed E-state index contributed by atoms with van der Waals surface area (Å²) in [6.07, 6.45) is 1.19. The smallest absolute Gasteiger partial charge is 0.410 e. The van der Waals surface area contributed by atoms with Gasteiger partial charge in [0.1, 0.15) is 5.60 Å². The second-order valence-electron chi connectivity index (χ2n) is 7.45. The molecular weight excluding hydrogens is 300 g/mol. The van der Waals surface area contributed by atoms with Crippen molar-refractivity contribution in [1.82, 2.24) is 4.90 Å². The summed E-state index contributed by atoms with van der Waals surface area (Å²) in [6.45, 7) is 6.73. The Balaban J connectivity index is 2.22. The van der Waals surface area contributed by atoms with Crippen LogP contribution in [0.4, 0.5) is 4.79 Å². The number of nitrogens with two attached hydrogens (primary N) is 1. The molecule has 2 bridgehead atoms. The van der Waals surface area contributed by atoms with Gasteiger partial charge in [-0.2, -0.15) is 0 Å². The molecule has 3 atom stereocenters. The molecule has 0 radical (unpaired) electrons. The largest absolute Gasteiger partial charge is 0.469 e. The van der Waals surface area contributed by atoms with E-state index in [1.165, 1.54) is 7.11 Å². The first-order valence-corrected chi connectivity index (χ1v) is 8.10. The Hall–Kier alpha value is -1.34. The van der Waals surface area contributed by atoms with E-state index in [4.69, 9.17) is 19.9 Å². The minimum atomic E-state index is -0.638. The zero-order chi connectivity index (χ0) is 17.3. The van der Waals surface area contributed by atoms with Crippen LogP contribution < -0.4 is 5.73 Å². The van der Waals surface area contributed by atoms with Crippen LogP contribution in [0.15, 0.2) is 0 Å². The van der Waals surface area contributed by atoms with Crippen molar-refractivity contribution in [2.45, 2.75) is 57.7 Å². The maximum atomic E-state index is 12.5. The normalized spacial score (nSPS) is 30.7. The molecule has 7 nitrogen and oxygen atoms in total. The third kappa shape index (κ3) is 3.77. The van der Waals surface area contributed by atoms with Crippen molar-refractivity contribution in [3.63, 3.8) is 0 Å². The number of esters is 1. The molecule has 2 fully saturated rings. The first-order valence-electron chi connectivity index (χ1n) is 8.10. The SMILES string of the molecule is COC(=O)C1(CCN)C[C@H]2COC[C@@H](C1)N2C(=O)OC(C)(C)C. The van der Waals surface area contributed by atoms with Crippen molar-refractivity contribution >= 4 is 12.1 Å². The maximum absolute atomic E-state index is 12.5. The van der Waals surface area contributed by atoms with Crippen LogP contribution in [-0.4, -0.2) is 61.5 Å². The molecule has 2 aliphatic heterocycles. The second kappa shape index (κ2) is 6.65. The molecule has 0 saturated carbocycles. The lowest BCUT2D eigenvalue weighted by Crippen LogP contribution is -2.63. The van der Waals surface area contributed by atoms with E-state index in [1.54, 1.807) is 4.90 Å². The first-order chi connectivity index (χ1) is 10.7. The van der Waals surface area contributed by atoms with E-state index in [9.17, 15) is 9.59 Å². The molecule has 0 aromatic carbocycles. The summed E-state index contributed by atoms with van der Waals surface area (Å²) in [5, 5.41) is 0. The number of carbonyl (C=O) groups is 2. The summed E-state index contributed by atoms with van der Waals surface area (Å²) in [5.74, 6) is -0.247. The highest BCUT2D eigenvalue weighted by Gasteiger charge is 2.53. The van der Waals surface area contributed by atoms with Gasteiger partial charge < -0.3 is 19.9 Å². The average Bonchev–Trinajstić information content (AvgIpc) is 2.43. The van der Waals surface area contributed by atoms with Gasteiger partial charge in [0.2, 0.25) is 0 Å². The number of rotatable bonds is 3. The van der Waals surface area contributed by atoms with E-state index in [2.05, 4.69) is 0 Å². The van der Waals surface area contributed by atoms with Crippen LogP contribution in [0, 0.1) is 5.41 Å². The molecule has 132 valence electrons. The minimum Gasteiger partial charge on any atom is -0.469 e. The molecule has 2 saturated heterocycles. The van der Waals surface area contributed by atoms with E-state index in [-0.39, 0.29) is 24.1 Å². The average molecular weight is 328 g/mol. The van der Waals surface area contributed by atoms with Crippen LogP contribution in [0.25, 0.3) is 0 Å². The quantitative estimate of drug-likeness (QED) is 0.785. The molecule has 0 spiro atoms. The molecule has 0 aromatic rings. The zero-order valence-electron chi connectivity index (χ0n) is 14.5. The molecule has 0 aliphatic carbocycles. The summed E-state index contributed by atoms with van der Waals surface area (Å²) in [7, 11) is 1.40. The first kappa shape index (κ1) is 18.0. The molecule has 2 aliphatic rings. The van der Waals surface area contributed by atoms with Crippen LogP contribution in [0.3, 0.4) is 0 Å². The third-order valence-corrected chi connectivity index (χ3v) is 4.51. The van der Waals surface area contributed by atoms with E-state index in [0.29, 0.717) is 39.0 Å². The second-order valence-corrected chi connectivity index (χ2v) is 7.45. The van der Waals surface area contributed by atoms with Crippen LogP contribution in [0.2, 0.25) is 0 Å². The number of amides is 1. The molecule has 1 unspecified atom stereocenters. The summed E-state index contributed by atoms with van der Waals surface area (Å²) >= 11 is 0. The van der Waals surface area contributed by atoms with Crippen molar-refractivity contribution < 1.29 is 23.8 Å².